The molecule has 1 aliphatic heterocycles. The third-order valence-corrected chi connectivity index (χ3v) is 5.24. The Hall–Kier alpha value is -2.38. The maximum Gasteiger partial charge on any atom is 0.342 e. The lowest BCUT2D eigenvalue weighted by Crippen LogP contribution is -2.35. The Morgan fingerprint density at radius 2 is 1.97 bits per heavy atom. The molecule has 0 saturated carbocycles. The summed E-state index contributed by atoms with van der Waals surface area (Å²) in [5.74, 6) is 0.604. The van der Waals surface area contributed by atoms with Crippen LogP contribution in [0.4, 0.5) is 0 Å². The number of carbonyl (C=O) groups excluding carboxylic acids is 2. The summed E-state index contributed by atoms with van der Waals surface area (Å²) in [5, 5.41) is 13.4. The van der Waals surface area contributed by atoms with Crippen molar-refractivity contribution in [3.8, 4) is 11.5 Å². The van der Waals surface area contributed by atoms with Crippen molar-refractivity contribution in [2.75, 3.05) is 20.3 Å². The summed E-state index contributed by atoms with van der Waals surface area (Å²) in [5.41, 5.74) is 0.931. The normalized spacial score (nSPS) is 20.1. The van der Waals surface area contributed by atoms with Crippen molar-refractivity contribution in [1.82, 2.24) is 5.32 Å². The molecule has 1 aromatic rings. The Bertz CT molecular complexity index is 789. The average Bonchev–Trinajstić information content (AvgIpc) is 2.74. The summed E-state index contributed by atoms with van der Waals surface area (Å²) in [6.45, 7) is 6.23. The van der Waals surface area contributed by atoms with Crippen LogP contribution < -0.4 is 14.8 Å². The molecule has 2 N–H and O–H groups in total. The number of hydrogen-bond donors (Lipinski definition) is 2. The van der Waals surface area contributed by atoms with Gasteiger partial charge < -0.3 is 24.6 Å². The van der Waals surface area contributed by atoms with Crippen molar-refractivity contribution in [1.29, 1.82) is 0 Å². The monoisotopic (exact) mass is 447 g/mol. The van der Waals surface area contributed by atoms with Crippen molar-refractivity contribution >= 4 is 17.8 Å². The van der Waals surface area contributed by atoms with Crippen LogP contribution in [-0.2, 0) is 9.53 Å². The second kappa shape index (κ2) is 13.2. The molecule has 7 heteroatoms. The Morgan fingerprint density at radius 1 is 1.22 bits per heavy atom. The van der Waals surface area contributed by atoms with E-state index in [1.54, 1.807) is 19.2 Å². The average molecular weight is 448 g/mol. The zero-order valence-corrected chi connectivity index (χ0v) is 19.7. The molecule has 32 heavy (non-hydrogen) atoms. The van der Waals surface area contributed by atoms with Crippen molar-refractivity contribution in [2.45, 2.75) is 77.5 Å². The molecule has 0 fully saturated rings. The van der Waals surface area contributed by atoms with Crippen LogP contribution in [0.3, 0.4) is 0 Å². The second-order valence-corrected chi connectivity index (χ2v) is 8.56. The van der Waals surface area contributed by atoms with E-state index in [-0.39, 0.29) is 24.5 Å². The molecule has 0 spiro atoms. The highest BCUT2D eigenvalue weighted by atomic mass is 16.5. The predicted octanol–water partition coefficient (Wildman–Crippen LogP) is 3.91. The molecular formula is C25H37NO6. The van der Waals surface area contributed by atoms with E-state index in [1.165, 1.54) is 0 Å². The van der Waals surface area contributed by atoms with Gasteiger partial charge in [0.15, 0.2) is 0 Å². The molecule has 2 rings (SSSR count). The van der Waals surface area contributed by atoms with E-state index in [9.17, 15) is 14.7 Å². The standard InChI is InChI=1S/C25H37NO6/c1-17(2)26-15-21(28)16-31-23-14-22(30-4)13-19-10-6-5-7-11-20(27)12-8-9-18(3)32-25(29)24(19)23/h6,10,13-14,17-18,21,26,28H,5,7-9,11-12,15-16H2,1-4H3/b10-6+/t18-,21?/m0/s1. The first-order valence-electron chi connectivity index (χ1n) is 11.5. The number of esters is 1. The van der Waals surface area contributed by atoms with Gasteiger partial charge in [-0.3, -0.25) is 4.79 Å². The van der Waals surface area contributed by atoms with E-state index < -0.39 is 12.1 Å². The van der Waals surface area contributed by atoms with E-state index in [1.807, 2.05) is 32.9 Å². The molecule has 0 amide bonds. The van der Waals surface area contributed by atoms with Crippen molar-refractivity contribution in [2.24, 2.45) is 0 Å². The smallest absolute Gasteiger partial charge is 0.342 e. The minimum Gasteiger partial charge on any atom is -0.497 e. The Labute approximate surface area is 191 Å². The molecule has 0 saturated heterocycles. The molecular weight excluding hydrogens is 410 g/mol. The molecule has 0 aromatic heterocycles. The molecule has 178 valence electrons. The molecule has 1 heterocycles. The van der Waals surface area contributed by atoms with Gasteiger partial charge >= 0.3 is 5.97 Å². The quantitative estimate of drug-likeness (QED) is 0.612. The van der Waals surface area contributed by atoms with Crippen molar-refractivity contribution in [3.05, 3.63) is 29.3 Å². The van der Waals surface area contributed by atoms with E-state index in [0.29, 0.717) is 54.9 Å². The maximum atomic E-state index is 13.1. The summed E-state index contributed by atoms with van der Waals surface area (Å²) >= 11 is 0. The number of aliphatic hydroxyl groups excluding tert-OH is 1. The number of nitrogens with one attached hydrogen (secondary N) is 1. The molecule has 1 aromatic carbocycles. The lowest BCUT2D eigenvalue weighted by Gasteiger charge is -2.20. The van der Waals surface area contributed by atoms with E-state index in [4.69, 9.17) is 14.2 Å². The molecule has 0 aliphatic carbocycles. The first-order valence-corrected chi connectivity index (χ1v) is 11.5. The number of fused-ring (bicyclic) bond motifs is 1. The minimum atomic E-state index is -0.735. The fourth-order valence-corrected chi connectivity index (χ4v) is 3.45. The molecule has 2 atom stereocenters. The first kappa shape index (κ1) is 25.9. The second-order valence-electron chi connectivity index (χ2n) is 8.56. The highest BCUT2D eigenvalue weighted by Crippen LogP contribution is 2.32. The number of hydrogen-bond acceptors (Lipinski definition) is 7. The van der Waals surface area contributed by atoms with Gasteiger partial charge in [-0.15, -0.1) is 0 Å². The Balaban J connectivity index is 2.33. The molecule has 0 bridgehead atoms. The highest BCUT2D eigenvalue weighted by molar-refractivity contribution is 5.97. The van der Waals surface area contributed by atoms with Crippen molar-refractivity contribution < 1.29 is 28.9 Å². The number of Topliss-reactive ketones (excluding diaryl/α,β-unsaturated/α-hetero) is 1. The van der Waals surface area contributed by atoms with E-state index in [0.717, 1.165) is 12.8 Å². The van der Waals surface area contributed by atoms with Crippen LogP contribution in [0.25, 0.3) is 6.08 Å². The van der Waals surface area contributed by atoms with Gasteiger partial charge in [-0.2, -0.15) is 0 Å². The zero-order chi connectivity index (χ0) is 23.5. The number of carbonyl (C=O) groups is 2. The fourth-order valence-electron chi connectivity index (χ4n) is 3.45. The number of aliphatic hydroxyl groups is 1. The molecule has 0 radical (unpaired) electrons. The van der Waals surface area contributed by atoms with Crippen LogP contribution in [0.1, 0.15) is 75.2 Å². The first-order chi connectivity index (χ1) is 15.3. The summed E-state index contributed by atoms with van der Waals surface area (Å²) in [6.07, 6.45) is 6.59. The maximum absolute atomic E-state index is 13.1. The van der Waals surface area contributed by atoms with Gasteiger partial charge in [-0.05, 0) is 44.2 Å². The molecule has 1 unspecified atom stereocenters. The van der Waals surface area contributed by atoms with E-state index >= 15 is 0 Å². The van der Waals surface area contributed by atoms with Gasteiger partial charge in [0.05, 0.1) is 13.2 Å². The summed E-state index contributed by atoms with van der Waals surface area (Å²) < 4.78 is 17.0. The number of benzene rings is 1. The molecule has 7 nitrogen and oxygen atoms in total. The van der Waals surface area contributed by atoms with Crippen LogP contribution in [-0.4, -0.2) is 55.4 Å². The Morgan fingerprint density at radius 3 is 2.69 bits per heavy atom. The van der Waals surface area contributed by atoms with Gasteiger partial charge in [-0.25, -0.2) is 4.79 Å². The third-order valence-electron chi connectivity index (χ3n) is 5.24. The SMILES string of the molecule is COc1cc2c(c(OCC(O)CNC(C)C)c1)C(=O)O[C@@H](C)CCCC(=O)CCC/C=C/2. The summed E-state index contributed by atoms with van der Waals surface area (Å²) in [7, 11) is 1.55. The van der Waals surface area contributed by atoms with Crippen molar-refractivity contribution in [3.63, 3.8) is 0 Å². The van der Waals surface area contributed by atoms with E-state index in [2.05, 4.69) is 5.32 Å². The number of ether oxygens (including phenoxy) is 3. The predicted molar refractivity (Wildman–Crippen MR) is 124 cm³/mol. The number of rotatable bonds is 7. The van der Waals surface area contributed by atoms with Gasteiger partial charge in [0.25, 0.3) is 0 Å². The van der Waals surface area contributed by atoms with Crippen LogP contribution in [0.2, 0.25) is 0 Å². The zero-order valence-electron chi connectivity index (χ0n) is 19.7. The minimum absolute atomic E-state index is 0.0218. The highest BCUT2D eigenvalue weighted by Gasteiger charge is 2.23. The number of cyclic esters (lactones) is 1. The lowest BCUT2D eigenvalue weighted by atomic mass is 10.0. The van der Waals surface area contributed by atoms with Crippen LogP contribution in [0, 0.1) is 0 Å². The van der Waals surface area contributed by atoms with Crippen LogP contribution in [0.15, 0.2) is 18.2 Å². The van der Waals surface area contributed by atoms with Crippen LogP contribution in [0.5, 0.6) is 11.5 Å². The Kier molecular flexibility index (Phi) is 10.7. The van der Waals surface area contributed by atoms with Crippen LogP contribution >= 0.6 is 0 Å². The molecule has 1 aliphatic rings. The largest absolute Gasteiger partial charge is 0.497 e. The summed E-state index contributed by atoms with van der Waals surface area (Å²) in [4.78, 5) is 25.1. The van der Waals surface area contributed by atoms with Gasteiger partial charge in [0, 0.05) is 31.5 Å². The lowest BCUT2D eigenvalue weighted by molar-refractivity contribution is -0.119. The topological polar surface area (TPSA) is 94.1 Å². The fraction of sp³-hybridized carbons (Fsp3) is 0.600. The number of allylic oxidation sites excluding steroid dienone is 1. The van der Waals surface area contributed by atoms with Gasteiger partial charge in [0.2, 0.25) is 0 Å². The van der Waals surface area contributed by atoms with Gasteiger partial charge in [-0.1, -0.05) is 26.0 Å². The van der Waals surface area contributed by atoms with Gasteiger partial charge in [0.1, 0.15) is 35.6 Å². The number of methoxy groups -OCH3 is 1. The summed E-state index contributed by atoms with van der Waals surface area (Å²) in [6, 6.07) is 3.65. The third kappa shape index (κ3) is 8.63. The number of ketones is 1.